The Hall–Kier alpha value is -0.170. The summed E-state index contributed by atoms with van der Waals surface area (Å²) in [6, 6.07) is 0. The molecule has 16 heavy (non-hydrogen) atoms. The van der Waals surface area contributed by atoms with Crippen LogP contribution in [-0.4, -0.2) is 13.2 Å². The van der Waals surface area contributed by atoms with Gasteiger partial charge in [-0.2, -0.15) is 7.82 Å². The van der Waals surface area contributed by atoms with Crippen molar-refractivity contribution in [2.24, 2.45) is 0 Å². The minimum absolute atomic E-state index is 0. The largest absolute Gasteiger partial charge is 0.855 e. The summed E-state index contributed by atoms with van der Waals surface area (Å²) in [5.74, 6) is 0. The topological polar surface area (TPSA) is 315 Å². The summed E-state index contributed by atoms with van der Waals surface area (Å²) >= 11 is 0. The van der Waals surface area contributed by atoms with E-state index in [2.05, 4.69) is 0 Å². The van der Waals surface area contributed by atoms with E-state index in [1.807, 2.05) is 0 Å². The van der Waals surface area contributed by atoms with Gasteiger partial charge in [0.25, 0.3) is 0 Å². The second kappa shape index (κ2) is 46.3. The first-order valence-electron chi connectivity index (χ1n) is 2.72. The Kier molecular flexibility index (Phi) is 164. The van der Waals surface area contributed by atoms with Gasteiger partial charge in [0.1, 0.15) is 0 Å². The van der Waals surface area contributed by atoms with Gasteiger partial charge in [-0.15, -0.1) is 13.2 Å². The first-order chi connectivity index (χ1) is 4.83. The molecule has 0 aliphatic rings. The third-order valence-electron chi connectivity index (χ3n) is 0. The van der Waals surface area contributed by atoms with Crippen LogP contribution < -0.4 is 55.6 Å². The molecule has 0 saturated carbocycles. The van der Waals surface area contributed by atoms with Crippen LogP contribution in [0.4, 0.5) is 0 Å². The smallest absolute Gasteiger partial charge is 0.0809 e. The van der Waals surface area contributed by atoms with Crippen LogP contribution in [0.2, 0.25) is 0 Å². The van der Waals surface area contributed by atoms with Crippen LogP contribution in [0.25, 0.3) is 0 Å². The van der Waals surface area contributed by atoms with Crippen LogP contribution in [0.15, 0.2) is 0 Å². The molecule has 0 heterocycles. The molecule has 0 radical (unpaired) electrons. The zero-order valence-corrected chi connectivity index (χ0v) is 12.2. The zero-order chi connectivity index (χ0) is 9.91. The summed E-state index contributed by atoms with van der Waals surface area (Å²) in [7, 11) is -5.39. The highest BCUT2D eigenvalue weighted by molar-refractivity contribution is 7.40. The van der Waals surface area contributed by atoms with Gasteiger partial charge in [-0.25, -0.2) is 0 Å². The summed E-state index contributed by atoms with van der Waals surface area (Å²) in [6.45, 7) is 3.14. The zero-order valence-electron chi connectivity index (χ0n) is 11.3. The van der Waals surface area contributed by atoms with Crippen molar-refractivity contribution in [2.75, 3.05) is 13.2 Å². The van der Waals surface area contributed by atoms with Crippen molar-refractivity contribution in [1.29, 1.82) is 0 Å². The minimum atomic E-state index is -5.39. The van der Waals surface area contributed by atoms with E-state index in [0.29, 0.717) is 0 Å². The van der Waals surface area contributed by atoms with Crippen molar-refractivity contribution in [3.05, 3.63) is 0 Å². The second-order valence-electron chi connectivity index (χ2n) is 1.02. The van der Waals surface area contributed by atoms with Gasteiger partial charge in [0, 0.05) is 0 Å². The summed E-state index contributed by atoms with van der Waals surface area (Å²) in [5.41, 5.74) is 0. The van der Waals surface area contributed by atoms with Gasteiger partial charge in [-0.05, 0) is 0 Å². The molecular weight excluding hydrogens is 245 g/mol. The highest BCUT2D eigenvalue weighted by atomic mass is 31.2. The number of phosphoric acid groups is 1. The van der Waals surface area contributed by atoms with Gasteiger partial charge in [0.15, 0.2) is 0 Å². The Bertz CT molecular complexity index is 92.7. The molecule has 0 aromatic rings. The van der Waals surface area contributed by atoms with E-state index in [4.69, 9.17) is 29.5 Å². The van der Waals surface area contributed by atoms with Gasteiger partial charge < -0.3 is 60.2 Å². The first kappa shape index (κ1) is 56.8. The molecule has 0 fully saturated rings. The monoisotopic (exact) mass is 275 g/mol. The molecule has 0 unspecified atom stereocenters. The normalized spacial score (nSPS) is 5.94. The molecular formula is C4H30N5O6P. The quantitative estimate of drug-likeness (QED) is 0.304. The highest BCUT2D eigenvalue weighted by Gasteiger charge is 1.44. The first-order valence-corrected chi connectivity index (χ1v) is 4.18. The second-order valence-corrected chi connectivity index (χ2v) is 1.92. The maximum absolute atomic E-state index is 8.93. The van der Waals surface area contributed by atoms with E-state index < -0.39 is 7.82 Å². The van der Waals surface area contributed by atoms with Crippen molar-refractivity contribution in [3.63, 3.8) is 0 Å². The molecule has 0 atom stereocenters. The van der Waals surface area contributed by atoms with Gasteiger partial charge in [0.2, 0.25) is 0 Å². The van der Waals surface area contributed by atoms with Crippen LogP contribution in [0.3, 0.4) is 0 Å². The van der Waals surface area contributed by atoms with E-state index in [1.54, 1.807) is 13.8 Å². The molecule has 0 amide bonds. The van der Waals surface area contributed by atoms with E-state index in [-0.39, 0.29) is 44.0 Å². The summed E-state index contributed by atoms with van der Waals surface area (Å²) in [5, 5.41) is 17.9. The van der Waals surface area contributed by atoms with Crippen LogP contribution in [0.5, 0.6) is 0 Å². The van der Waals surface area contributed by atoms with Gasteiger partial charge in [0.05, 0.1) is 0 Å². The Labute approximate surface area is 96.0 Å². The predicted molar refractivity (Wildman–Crippen MR) is 58.6 cm³/mol. The lowest BCUT2D eigenvalue weighted by atomic mass is 10.9. The number of hydrogen-bond acceptors (Lipinski definition) is 6. The number of quaternary nitrogens is 5. The molecule has 0 rings (SSSR count). The van der Waals surface area contributed by atoms with Gasteiger partial charge >= 0.3 is 0 Å². The fourth-order valence-electron chi connectivity index (χ4n) is 0. The van der Waals surface area contributed by atoms with Crippen LogP contribution in [-0.2, 0) is 4.57 Å². The third kappa shape index (κ3) is 78800. The summed E-state index contributed by atoms with van der Waals surface area (Å²) in [4.78, 5) is 25.6. The highest BCUT2D eigenvalue weighted by Crippen LogP contribution is 2.03. The van der Waals surface area contributed by atoms with Crippen molar-refractivity contribution in [1.82, 2.24) is 30.8 Å². The maximum atomic E-state index is 8.93. The molecule has 20 N–H and O–H groups in total. The molecule has 0 spiro atoms. The van der Waals surface area contributed by atoms with Gasteiger partial charge in [-0.1, -0.05) is 13.8 Å². The Morgan fingerprint density at radius 3 is 0.750 bits per heavy atom. The Balaban J connectivity index is -0.00000000895. The predicted octanol–water partition coefficient (Wildman–Crippen LogP) is -2.21. The Morgan fingerprint density at radius 1 is 0.750 bits per heavy atom. The molecule has 11 nitrogen and oxygen atoms in total. The molecule has 0 aliphatic heterocycles. The SMILES string of the molecule is CC[O-].CC[O-].O=P([O-])([O-])[O-].[NH4+].[NH4+].[NH4+].[NH4+].[NH4+]. The third-order valence-corrected chi connectivity index (χ3v) is 0. The molecule has 0 bridgehead atoms. The van der Waals surface area contributed by atoms with E-state index in [9.17, 15) is 0 Å². The number of hydrogen-bond donors (Lipinski definition) is 5. The minimum Gasteiger partial charge on any atom is -0.855 e. The molecule has 0 aliphatic carbocycles. The lowest BCUT2D eigenvalue weighted by Gasteiger charge is -2.36. The van der Waals surface area contributed by atoms with Crippen molar-refractivity contribution in [2.45, 2.75) is 13.8 Å². The molecule has 112 valence electrons. The standard InChI is InChI=1S/2C2H5O.5H3N.H3O4P/c2*1-2-3;;;;;;1-5(2,3)4/h2*2H2,1H3;5*1H3;(H3,1,2,3,4)/q2*-1;;;;;;/p+2. The van der Waals surface area contributed by atoms with Crippen molar-refractivity contribution >= 4 is 7.82 Å². The summed E-state index contributed by atoms with van der Waals surface area (Å²) < 4.78 is 8.55. The Morgan fingerprint density at radius 2 is 0.750 bits per heavy atom. The lowest BCUT2D eigenvalue weighted by Crippen LogP contribution is -2.24. The fourth-order valence-corrected chi connectivity index (χ4v) is 0. The average molecular weight is 275 g/mol. The van der Waals surface area contributed by atoms with Crippen molar-refractivity contribution < 1.29 is 29.5 Å². The van der Waals surface area contributed by atoms with Crippen LogP contribution >= 0.6 is 7.82 Å². The van der Waals surface area contributed by atoms with E-state index in [1.165, 1.54) is 0 Å². The molecule has 0 aromatic carbocycles. The lowest BCUT2D eigenvalue weighted by molar-refractivity contribution is -0.432. The fraction of sp³-hybridized carbons (Fsp3) is 1.00. The van der Waals surface area contributed by atoms with E-state index in [0.717, 1.165) is 0 Å². The molecule has 0 saturated heterocycles. The molecule has 12 heteroatoms. The average Bonchev–Trinajstić information content (AvgIpc) is 1.62. The van der Waals surface area contributed by atoms with Gasteiger partial charge in [-0.3, -0.25) is 0 Å². The summed E-state index contributed by atoms with van der Waals surface area (Å²) in [6.07, 6.45) is 0. The van der Waals surface area contributed by atoms with Crippen molar-refractivity contribution in [3.8, 4) is 0 Å². The van der Waals surface area contributed by atoms with Crippen LogP contribution in [0.1, 0.15) is 13.8 Å². The maximum Gasteiger partial charge on any atom is -0.0809 e. The number of rotatable bonds is 0. The van der Waals surface area contributed by atoms with Crippen LogP contribution in [0, 0.1) is 0 Å². The molecule has 0 aromatic heterocycles. The van der Waals surface area contributed by atoms with E-state index >= 15 is 0 Å².